The highest BCUT2D eigenvalue weighted by molar-refractivity contribution is 5.94. The average Bonchev–Trinajstić information content (AvgIpc) is 2.46. The van der Waals surface area contributed by atoms with E-state index in [1.807, 2.05) is 30.3 Å². The molecule has 0 radical (unpaired) electrons. The number of nitrogens with one attached hydrogen (secondary N) is 1. The molecule has 1 amide bonds. The third-order valence-corrected chi connectivity index (χ3v) is 3.75. The molecule has 1 aliphatic rings. The van der Waals surface area contributed by atoms with E-state index in [2.05, 4.69) is 19.2 Å². The molecule has 1 saturated heterocycles. The lowest BCUT2D eigenvalue weighted by molar-refractivity contribution is 0.0434. The molecule has 4 nitrogen and oxygen atoms in total. The van der Waals surface area contributed by atoms with Crippen LogP contribution in [0.1, 0.15) is 24.2 Å². The Bertz CT molecular complexity index is 419. The van der Waals surface area contributed by atoms with Gasteiger partial charge in [0.05, 0.1) is 12.6 Å². The van der Waals surface area contributed by atoms with E-state index in [0.29, 0.717) is 24.6 Å². The number of amides is 1. The van der Waals surface area contributed by atoms with Gasteiger partial charge in [0, 0.05) is 24.7 Å². The molecule has 4 heteroatoms. The van der Waals surface area contributed by atoms with Crippen molar-refractivity contribution in [1.82, 2.24) is 10.2 Å². The van der Waals surface area contributed by atoms with Crippen LogP contribution in [0.3, 0.4) is 0 Å². The van der Waals surface area contributed by atoms with Crippen LogP contribution in [0.4, 0.5) is 0 Å². The van der Waals surface area contributed by atoms with Gasteiger partial charge in [-0.2, -0.15) is 0 Å². The Balaban J connectivity index is 2.16. The van der Waals surface area contributed by atoms with Crippen molar-refractivity contribution in [2.24, 2.45) is 5.92 Å². The summed E-state index contributed by atoms with van der Waals surface area (Å²) < 4.78 is 0. The SMILES string of the molecule is CC(C)C1CN(C(=O)c2ccccc2)C(CO)CN1. The van der Waals surface area contributed by atoms with E-state index in [4.69, 9.17) is 0 Å². The number of piperazine rings is 1. The molecule has 1 heterocycles. The first-order chi connectivity index (χ1) is 9.13. The van der Waals surface area contributed by atoms with E-state index in [1.54, 1.807) is 4.90 Å². The first kappa shape index (κ1) is 14.0. The van der Waals surface area contributed by atoms with Crippen molar-refractivity contribution < 1.29 is 9.90 Å². The van der Waals surface area contributed by atoms with E-state index in [9.17, 15) is 9.90 Å². The number of benzene rings is 1. The van der Waals surface area contributed by atoms with Crippen LogP contribution in [0.5, 0.6) is 0 Å². The fourth-order valence-corrected chi connectivity index (χ4v) is 2.43. The third-order valence-electron chi connectivity index (χ3n) is 3.75. The summed E-state index contributed by atoms with van der Waals surface area (Å²) in [5.41, 5.74) is 0.686. The normalized spacial score (nSPS) is 23.7. The van der Waals surface area contributed by atoms with Gasteiger partial charge in [-0.05, 0) is 18.1 Å². The number of aliphatic hydroxyl groups excluding tert-OH is 1. The number of hydrogen-bond donors (Lipinski definition) is 2. The van der Waals surface area contributed by atoms with Crippen molar-refractivity contribution in [3.63, 3.8) is 0 Å². The van der Waals surface area contributed by atoms with Crippen LogP contribution in [0.2, 0.25) is 0 Å². The van der Waals surface area contributed by atoms with Gasteiger partial charge in [0.25, 0.3) is 5.91 Å². The van der Waals surface area contributed by atoms with Crippen molar-refractivity contribution in [1.29, 1.82) is 0 Å². The maximum Gasteiger partial charge on any atom is 0.254 e. The van der Waals surface area contributed by atoms with Crippen molar-refractivity contribution in [3.8, 4) is 0 Å². The topological polar surface area (TPSA) is 52.6 Å². The summed E-state index contributed by atoms with van der Waals surface area (Å²) in [6.07, 6.45) is 0. The predicted molar refractivity (Wildman–Crippen MR) is 75.0 cm³/mol. The summed E-state index contributed by atoms with van der Waals surface area (Å²) in [5, 5.41) is 12.9. The fourth-order valence-electron chi connectivity index (χ4n) is 2.43. The minimum absolute atomic E-state index is 0.00358. The first-order valence-electron chi connectivity index (χ1n) is 6.83. The molecule has 0 aliphatic carbocycles. The molecule has 2 atom stereocenters. The maximum absolute atomic E-state index is 12.5. The molecule has 104 valence electrons. The van der Waals surface area contributed by atoms with Crippen LogP contribution in [0.25, 0.3) is 0 Å². The summed E-state index contributed by atoms with van der Waals surface area (Å²) in [4.78, 5) is 14.3. The summed E-state index contributed by atoms with van der Waals surface area (Å²) in [6, 6.07) is 9.42. The summed E-state index contributed by atoms with van der Waals surface area (Å²) in [5.74, 6) is 0.470. The summed E-state index contributed by atoms with van der Waals surface area (Å²) in [6.45, 7) is 5.58. The van der Waals surface area contributed by atoms with Gasteiger partial charge in [0.1, 0.15) is 0 Å². The van der Waals surface area contributed by atoms with Gasteiger partial charge in [-0.3, -0.25) is 4.79 Å². The quantitative estimate of drug-likeness (QED) is 0.858. The minimum atomic E-state index is -0.136. The second kappa shape index (κ2) is 6.17. The Morgan fingerprint density at radius 2 is 2.11 bits per heavy atom. The minimum Gasteiger partial charge on any atom is -0.394 e. The molecule has 2 rings (SSSR count). The van der Waals surface area contributed by atoms with Gasteiger partial charge in [-0.25, -0.2) is 0 Å². The summed E-state index contributed by atoms with van der Waals surface area (Å²) >= 11 is 0. The molecule has 1 aromatic carbocycles. The van der Waals surface area contributed by atoms with Crippen LogP contribution in [-0.4, -0.2) is 47.7 Å². The van der Waals surface area contributed by atoms with E-state index in [-0.39, 0.29) is 24.6 Å². The standard InChI is InChI=1S/C15H22N2O2/c1-11(2)14-9-17(13(10-18)8-16-14)15(19)12-6-4-3-5-7-12/h3-7,11,13-14,16,18H,8-10H2,1-2H3. The van der Waals surface area contributed by atoms with Crippen molar-refractivity contribution >= 4 is 5.91 Å². The second-order valence-electron chi connectivity index (χ2n) is 5.42. The van der Waals surface area contributed by atoms with E-state index < -0.39 is 0 Å². The zero-order valence-corrected chi connectivity index (χ0v) is 11.5. The lowest BCUT2D eigenvalue weighted by atomic mass is 9.98. The highest BCUT2D eigenvalue weighted by Crippen LogP contribution is 2.16. The summed E-state index contributed by atoms with van der Waals surface area (Å²) in [7, 11) is 0. The molecule has 0 bridgehead atoms. The monoisotopic (exact) mass is 262 g/mol. The fraction of sp³-hybridized carbons (Fsp3) is 0.533. The number of nitrogens with zero attached hydrogens (tertiary/aromatic N) is 1. The third kappa shape index (κ3) is 3.14. The van der Waals surface area contributed by atoms with E-state index >= 15 is 0 Å². The zero-order chi connectivity index (χ0) is 13.8. The molecular formula is C15H22N2O2. The number of aliphatic hydroxyl groups is 1. The van der Waals surface area contributed by atoms with Gasteiger partial charge in [0.2, 0.25) is 0 Å². The van der Waals surface area contributed by atoms with Gasteiger partial charge < -0.3 is 15.3 Å². The molecule has 2 N–H and O–H groups in total. The first-order valence-corrected chi connectivity index (χ1v) is 6.83. The molecule has 0 aromatic heterocycles. The molecule has 19 heavy (non-hydrogen) atoms. The second-order valence-corrected chi connectivity index (χ2v) is 5.42. The maximum atomic E-state index is 12.5. The lowest BCUT2D eigenvalue weighted by Crippen LogP contribution is -2.60. The number of rotatable bonds is 3. The molecule has 0 spiro atoms. The molecule has 2 unspecified atom stereocenters. The van der Waals surface area contributed by atoms with Crippen LogP contribution in [0, 0.1) is 5.92 Å². The van der Waals surface area contributed by atoms with Crippen LogP contribution in [-0.2, 0) is 0 Å². The van der Waals surface area contributed by atoms with Gasteiger partial charge >= 0.3 is 0 Å². The Kier molecular flexibility index (Phi) is 4.56. The van der Waals surface area contributed by atoms with Crippen LogP contribution < -0.4 is 5.32 Å². The van der Waals surface area contributed by atoms with Crippen molar-refractivity contribution in [3.05, 3.63) is 35.9 Å². The highest BCUT2D eigenvalue weighted by atomic mass is 16.3. The Hall–Kier alpha value is -1.39. The number of carbonyl (C=O) groups excluding carboxylic acids is 1. The van der Waals surface area contributed by atoms with Crippen LogP contribution >= 0.6 is 0 Å². The molecule has 1 aromatic rings. The van der Waals surface area contributed by atoms with Gasteiger partial charge in [0.15, 0.2) is 0 Å². The van der Waals surface area contributed by atoms with Crippen LogP contribution in [0.15, 0.2) is 30.3 Å². The zero-order valence-electron chi connectivity index (χ0n) is 11.5. The van der Waals surface area contributed by atoms with Gasteiger partial charge in [-0.15, -0.1) is 0 Å². The molecular weight excluding hydrogens is 240 g/mol. The molecule has 0 saturated carbocycles. The molecule has 1 aliphatic heterocycles. The Morgan fingerprint density at radius 1 is 1.42 bits per heavy atom. The van der Waals surface area contributed by atoms with Gasteiger partial charge in [-0.1, -0.05) is 32.0 Å². The number of hydrogen-bond acceptors (Lipinski definition) is 3. The number of carbonyl (C=O) groups is 1. The predicted octanol–water partition coefficient (Wildman–Crippen LogP) is 1.12. The van der Waals surface area contributed by atoms with E-state index in [0.717, 1.165) is 0 Å². The van der Waals surface area contributed by atoms with E-state index in [1.165, 1.54) is 0 Å². The van der Waals surface area contributed by atoms with Crippen molar-refractivity contribution in [2.45, 2.75) is 25.9 Å². The largest absolute Gasteiger partial charge is 0.394 e. The Labute approximate surface area is 114 Å². The Morgan fingerprint density at radius 3 is 2.68 bits per heavy atom. The average molecular weight is 262 g/mol. The molecule has 1 fully saturated rings. The highest BCUT2D eigenvalue weighted by Gasteiger charge is 2.32. The smallest absolute Gasteiger partial charge is 0.254 e. The lowest BCUT2D eigenvalue weighted by Gasteiger charge is -2.41. The van der Waals surface area contributed by atoms with Crippen molar-refractivity contribution in [2.75, 3.05) is 19.7 Å².